The van der Waals surface area contributed by atoms with Gasteiger partial charge in [0.2, 0.25) is 17.8 Å². The average Bonchev–Trinajstić information content (AvgIpc) is 2.40. The van der Waals surface area contributed by atoms with Gasteiger partial charge in [-0.3, -0.25) is 0 Å². The first-order valence-corrected chi connectivity index (χ1v) is 7.16. The van der Waals surface area contributed by atoms with Crippen LogP contribution in [0, 0.1) is 5.92 Å². The fourth-order valence-electron chi connectivity index (χ4n) is 2.40. The predicted octanol–water partition coefficient (Wildman–Crippen LogP) is 0.664. The third-order valence-corrected chi connectivity index (χ3v) is 3.71. The maximum absolute atomic E-state index is 5.69. The molecule has 7 heteroatoms. The van der Waals surface area contributed by atoms with Crippen molar-refractivity contribution in [1.82, 2.24) is 19.9 Å². The van der Waals surface area contributed by atoms with E-state index in [2.05, 4.69) is 32.2 Å². The Morgan fingerprint density at radius 3 is 2.60 bits per heavy atom. The van der Waals surface area contributed by atoms with Crippen LogP contribution >= 0.6 is 0 Å². The molecule has 7 nitrogen and oxygen atoms in total. The number of hydrogen-bond donors (Lipinski definition) is 2. The molecule has 0 atom stereocenters. The summed E-state index contributed by atoms with van der Waals surface area (Å²) < 4.78 is 0. The van der Waals surface area contributed by atoms with E-state index in [1.54, 1.807) is 0 Å². The van der Waals surface area contributed by atoms with E-state index in [0.29, 0.717) is 11.9 Å². The Kier molecular flexibility index (Phi) is 4.94. The topological polar surface area (TPSA) is 83.2 Å². The molecule has 112 valence electrons. The van der Waals surface area contributed by atoms with Crippen LogP contribution in [-0.4, -0.2) is 60.6 Å². The third kappa shape index (κ3) is 4.19. The zero-order valence-corrected chi connectivity index (χ0v) is 12.6. The van der Waals surface area contributed by atoms with Gasteiger partial charge in [-0.25, -0.2) is 0 Å². The maximum atomic E-state index is 5.69. The highest BCUT2D eigenvalue weighted by Gasteiger charge is 2.16. The van der Waals surface area contributed by atoms with Gasteiger partial charge in [0.05, 0.1) is 0 Å². The molecule has 1 saturated heterocycles. The number of piperidine rings is 1. The summed E-state index contributed by atoms with van der Waals surface area (Å²) in [6.07, 6.45) is 3.71. The van der Waals surface area contributed by atoms with Crippen LogP contribution in [0.25, 0.3) is 0 Å². The molecule has 0 unspecified atom stereocenters. The number of aromatic nitrogens is 3. The fraction of sp³-hybridized carbons (Fsp3) is 0.769. The Labute approximate surface area is 120 Å². The summed E-state index contributed by atoms with van der Waals surface area (Å²) in [7, 11) is 5.96. The van der Waals surface area contributed by atoms with Gasteiger partial charge in [-0.2, -0.15) is 15.0 Å². The monoisotopic (exact) mass is 279 g/mol. The van der Waals surface area contributed by atoms with Crippen molar-refractivity contribution in [3.8, 4) is 0 Å². The van der Waals surface area contributed by atoms with E-state index in [9.17, 15) is 0 Å². The van der Waals surface area contributed by atoms with Gasteiger partial charge in [0.1, 0.15) is 0 Å². The van der Waals surface area contributed by atoms with Gasteiger partial charge in [-0.15, -0.1) is 0 Å². The number of nitrogen functional groups attached to an aromatic ring is 1. The first-order valence-electron chi connectivity index (χ1n) is 7.16. The van der Waals surface area contributed by atoms with Crippen molar-refractivity contribution in [2.75, 3.05) is 56.7 Å². The second-order valence-corrected chi connectivity index (χ2v) is 5.67. The van der Waals surface area contributed by atoms with E-state index in [1.165, 1.54) is 25.9 Å². The number of anilines is 3. The van der Waals surface area contributed by atoms with Crippen LogP contribution < -0.4 is 16.0 Å². The van der Waals surface area contributed by atoms with Gasteiger partial charge in [-0.05, 0) is 45.3 Å². The largest absolute Gasteiger partial charge is 0.368 e. The predicted molar refractivity (Wildman–Crippen MR) is 81.9 cm³/mol. The van der Waals surface area contributed by atoms with Gasteiger partial charge in [-0.1, -0.05) is 0 Å². The summed E-state index contributed by atoms with van der Waals surface area (Å²) in [5.74, 6) is 2.20. The Hall–Kier alpha value is -1.63. The van der Waals surface area contributed by atoms with E-state index in [0.717, 1.165) is 18.9 Å². The van der Waals surface area contributed by atoms with Crippen LogP contribution in [0.5, 0.6) is 0 Å². The van der Waals surface area contributed by atoms with Crippen LogP contribution in [0.4, 0.5) is 17.8 Å². The van der Waals surface area contributed by atoms with E-state index in [4.69, 9.17) is 5.73 Å². The van der Waals surface area contributed by atoms with E-state index in [-0.39, 0.29) is 5.95 Å². The summed E-state index contributed by atoms with van der Waals surface area (Å²) >= 11 is 0. The minimum Gasteiger partial charge on any atom is -0.368 e. The Balaban J connectivity index is 1.82. The normalized spacial score (nSPS) is 17.1. The number of likely N-dealkylation sites (tertiary alicyclic amines) is 1. The summed E-state index contributed by atoms with van der Waals surface area (Å²) in [6, 6.07) is 0. The lowest BCUT2D eigenvalue weighted by Gasteiger charge is -2.28. The second-order valence-electron chi connectivity index (χ2n) is 5.67. The summed E-state index contributed by atoms with van der Waals surface area (Å²) in [5, 5.41) is 3.26. The second kappa shape index (κ2) is 6.69. The van der Waals surface area contributed by atoms with E-state index in [1.807, 2.05) is 19.0 Å². The lowest BCUT2D eigenvalue weighted by Crippen LogP contribution is -2.31. The zero-order valence-electron chi connectivity index (χ0n) is 12.6. The first kappa shape index (κ1) is 14.8. The molecular weight excluding hydrogens is 254 g/mol. The molecule has 0 bridgehead atoms. The third-order valence-electron chi connectivity index (χ3n) is 3.71. The van der Waals surface area contributed by atoms with Crippen molar-refractivity contribution in [2.45, 2.75) is 19.3 Å². The van der Waals surface area contributed by atoms with Crippen molar-refractivity contribution in [2.24, 2.45) is 5.92 Å². The first-order chi connectivity index (χ1) is 9.54. The number of nitrogens with two attached hydrogens (primary N) is 1. The molecule has 0 aliphatic carbocycles. The fourth-order valence-corrected chi connectivity index (χ4v) is 2.40. The standard InChI is InChI=1S/C13H25N7/c1-19(2)13-17-11(14)16-12(18-13)15-7-4-10-5-8-20(3)9-6-10/h10H,4-9H2,1-3H3,(H3,14,15,16,17,18). The molecule has 1 aromatic heterocycles. The molecular formula is C13H25N7. The number of rotatable bonds is 5. The van der Waals surface area contributed by atoms with Gasteiger partial charge >= 0.3 is 0 Å². The smallest absolute Gasteiger partial charge is 0.231 e. The molecule has 0 amide bonds. The molecule has 0 spiro atoms. The van der Waals surface area contributed by atoms with Crippen LogP contribution in [0.15, 0.2) is 0 Å². The van der Waals surface area contributed by atoms with Gasteiger partial charge < -0.3 is 20.9 Å². The highest BCUT2D eigenvalue weighted by molar-refractivity contribution is 5.40. The molecule has 1 aromatic rings. The highest BCUT2D eigenvalue weighted by Crippen LogP contribution is 2.19. The quantitative estimate of drug-likeness (QED) is 0.819. The molecule has 3 N–H and O–H groups in total. The minimum atomic E-state index is 0.255. The highest BCUT2D eigenvalue weighted by atomic mass is 15.3. The van der Waals surface area contributed by atoms with Crippen LogP contribution in [-0.2, 0) is 0 Å². The maximum Gasteiger partial charge on any atom is 0.231 e. The van der Waals surface area contributed by atoms with Gasteiger partial charge in [0, 0.05) is 20.6 Å². The molecule has 0 radical (unpaired) electrons. The van der Waals surface area contributed by atoms with Crippen molar-refractivity contribution >= 4 is 17.8 Å². The van der Waals surface area contributed by atoms with E-state index >= 15 is 0 Å². The summed E-state index contributed by atoms with van der Waals surface area (Å²) in [6.45, 7) is 3.28. The zero-order chi connectivity index (χ0) is 14.5. The van der Waals surface area contributed by atoms with Crippen LogP contribution in [0.1, 0.15) is 19.3 Å². The molecule has 0 aromatic carbocycles. The lowest BCUT2D eigenvalue weighted by molar-refractivity contribution is 0.215. The molecule has 0 saturated carbocycles. The minimum absolute atomic E-state index is 0.255. The van der Waals surface area contributed by atoms with E-state index < -0.39 is 0 Å². The number of nitrogens with one attached hydrogen (secondary N) is 1. The lowest BCUT2D eigenvalue weighted by atomic mass is 9.94. The molecule has 2 rings (SSSR count). The molecule has 1 aliphatic rings. The summed E-state index contributed by atoms with van der Waals surface area (Å²) in [5.41, 5.74) is 5.69. The Bertz CT molecular complexity index is 427. The summed E-state index contributed by atoms with van der Waals surface area (Å²) in [4.78, 5) is 16.7. The van der Waals surface area contributed by atoms with Crippen molar-refractivity contribution < 1.29 is 0 Å². The van der Waals surface area contributed by atoms with Gasteiger partial charge in [0.15, 0.2) is 0 Å². The van der Waals surface area contributed by atoms with Crippen molar-refractivity contribution in [1.29, 1.82) is 0 Å². The van der Waals surface area contributed by atoms with Crippen molar-refractivity contribution in [3.05, 3.63) is 0 Å². The Morgan fingerprint density at radius 1 is 1.25 bits per heavy atom. The average molecular weight is 279 g/mol. The molecule has 1 fully saturated rings. The SMILES string of the molecule is CN1CCC(CCNc2nc(N)nc(N(C)C)n2)CC1. The number of hydrogen-bond acceptors (Lipinski definition) is 7. The van der Waals surface area contributed by atoms with Gasteiger partial charge in [0.25, 0.3) is 0 Å². The van der Waals surface area contributed by atoms with Crippen LogP contribution in [0.2, 0.25) is 0 Å². The van der Waals surface area contributed by atoms with Crippen LogP contribution in [0.3, 0.4) is 0 Å². The number of nitrogens with zero attached hydrogens (tertiary/aromatic N) is 5. The molecule has 20 heavy (non-hydrogen) atoms. The Morgan fingerprint density at radius 2 is 1.95 bits per heavy atom. The molecule has 1 aliphatic heterocycles. The van der Waals surface area contributed by atoms with Crippen molar-refractivity contribution in [3.63, 3.8) is 0 Å². The molecule has 2 heterocycles.